The van der Waals surface area contributed by atoms with E-state index in [1.54, 1.807) is 13.0 Å². The van der Waals surface area contributed by atoms with Gasteiger partial charge in [-0.2, -0.15) is 13.2 Å². The van der Waals surface area contributed by atoms with Crippen LogP contribution < -0.4 is 20.8 Å². The monoisotopic (exact) mass is 501 g/mol. The fourth-order valence-electron chi connectivity index (χ4n) is 4.53. The topological polar surface area (TPSA) is 44.5 Å². The van der Waals surface area contributed by atoms with Crippen molar-refractivity contribution in [3.8, 4) is 5.75 Å². The molecular formula is C28H34F3NO2Si. The molecule has 0 spiro atoms. The van der Waals surface area contributed by atoms with Crippen molar-refractivity contribution in [2.45, 2.75) is 58.0 Å². The second-order valence-corrected chi connectivity index (χ2v) is 14.2. The first kappa shape index (κ1) is 27.0. The smallest absolute Gasteiger partial charge is 0.419 e. The summed E-state index contributed by atoms with van der Waals surface area (Å²) in [4.78, 5) is 0. The number of rotatable bonds is 8. The molecule has 0 saturated heterocycles. The third kappa shape index (κ3) is 5.80. The number of hydrogen-bond donors (Lipinski definition) is 1. The Morgan fingerprint density at radius 2 is 1.31 bits per heavy atom. The summed E-state index contributed by atoms with van der Waals surface area (Å²) in [6, 6.07) is 23.5. The summed E-state index contributed by atoms with van der Waals surface area (Å²) < 4.78 is 54.0. The Kier molecular flexibility index (Phi) is 8.14. The molecule has 0 radical (unpaired) electrons. The summed E-state index contributed by atoms with van der Waals surface area (Å²) in [6.45, 7) is 9.91. The summed E-state index contributed by atoms with van der Waals surface area (Å²) in [5.41, 5.74) is 5.46. The van der Waals surface area contributed by atoms with E-state index in [2.05, 4.69) is 45.0 Å². The molecule has 35 heavy (non-hydrogen) atoms. The molecule has 0 heterocycles. The predicted octanol–water partition coefficient (Wildman–Crippen LogP) is 6.07. The first-order valence-electron chi connectivity index (χ1n) is 11.7. The maximum Gasteiger partial charge on any atom is 0.419 e. The Balaban J connectivity index is 2.00. The Morgan fingerprint density at radius 3 is 1.74 bits per heavy atom. The van der Waals surface area contributed by atoms with Crippen LogP contribution in [0.15, 0.2) is 78.9 Å². The predicted molar refractivity (Wildman–Crippen MR) is 138 cm³/mol. The average molecular weight is 502 g/mol. The highest BCUT2D eigenvalue weighted by atomic mass is 28.4. The zero-order valence-corrected chi connectivity index (χ0v) is 21.9. The summed E-state index contributed by atoms with van der Waals surface area (Å²) in [6.07, 6.45) is -5.04. The first-order chi connectivity index (χ1) is 16.4. The van der Waals surface area contributed by atoms with Crippen molar-refractivity contribution in [2.75, 3.05) is 6.61 Å². The molecule has 2 atom stereocenters. The third-order valence-electron chi connectivity index (χ3n) is 6.10. The van der Waals surface area contributed by atoms with Gasteiger partial charge in [-0.1, -0.05) is 93.6 Å². The van der Waals surface area contributed by atoms with Crippen LogP contribution in [0.1, 0.15) is 51.8 Å². The van der Waals surface area contributed by atoms with Crippen molar-refractivity contribution >= 4 is 18.7 Å². The van der Waals surface area contributed by atoms with E-state index in [1.165, 1.54) is 6.07 Å². The van der Waals surface area contributed by atoms with E-state index in [-0.39, 0.29) is 17.4 Å². The van der Waals surface area contributed by atoms with Crippen LogP contribution in [0.2, 0.25) is 5.04 Å². The lowest BCUT2D eigenvalue weighted by Gasteiger charge is -2.44. The number of nitrogens with two attached hydrogens (primary N) is 1. The normalized spacial score (nSPS) is 14.4. The lowest BCUT2D eigenvalue weighted by atomic mass is 10.0. The van der Waals surface area contributed by atoms with E-state index >= 15 is 0 Å². The Morgan fingerprint density at radius 1 is 0.800 bits per heavy atom. The molecule has 0 aliphatic heterocycles. The second kappa shape index (κ2) is 10.6. The maximum absolute atomic E-state index is 13.7. The molecule has 0 bridgehead atoms. The van der Waals surface area contributed by atoms with Crippen molar-refractivity contribution < 1.29 is 22.3 Å². The van der Waals surface area contributed by atoms with Crippen LogP contribution in [-0.2, 0) is 10.6 Å². The highest BCUT2D eigenvalue weighted by Gasteiger charge is 2.51. The molecule has 0 saturated carbocycles. The van der Waals surface area contributed by atoms with Crippen LogP contribution in [0.25, 0.3) is 0 Å². The van der Waals surface area contributed by atoms with Crippen LogP contribution in [-0.4, -0.2) is 21.0 Å². The van der Waals surface area contributed by atoms with E-state index in [4.69, 9.17) is 14.9 Å². The second-order valence-electron chi connectivity index (χ2n) is 9.91. The minimum Gasteiger partial charge on any atom is -0.490 e. The summed E-state index contributed by atoms with van der Waals surface area (Å²) in [5.74, 6) is -0.229. The van der Waals surface area contributed by atoms with Crippen molar-refractivity contribution in [3.63, 3.8) is 0 Å². The molecule has 0 aliphatic carbocycles. The molecular weight excluding hydrogens is 467 g/mol. The van der Waals surface area contributed by atoms with Crippen molar-refractivity contribution in [1.29, 1.82) is 0 Å². The van der Waals surface area contributed by atoms with Crippen LogP contribution in [0.4, 0.5) is 13.2 Å². The number of alkyl halides is 3. The molecule has 0 fully saturated rings. The number of hydrogen-bond acceptors (Lipinski definition) is 3. The van der Waals surface area contributed by atoms with E-state index in [1.807, 2.05) is 43.3 Å². The molecule has 3 aromatic carbocycles. The van der Waals surface area contributed by atoms with Gasteiger partial charge in [-0.3, -0.25) is 0 Å². The van der Waals surface area contributed by atoms with Gasteiger partial charge in [0, 0.05) is 11.6 Å². The van der Waals surface area contributed by atoms with Crippen molar-refractivity contribution in [2.24, 2.45) is 5.73 Å². The minimum absolute atomic E-state index is 0.0443. The minimum atomic E-state index is -4.55. The molecule has 1 unspecified atom stereocenters. The molecule has 0 amide bonds. The van der Waals surface area contributed by atoms with Gasteiger partial charge >= 0.3 is 6.18 Å². The van der Waals surface area contributed by atoms with Crippen LogP contribution in [0.3, 0.4) is 0 Å². The fraction of sp³-hybridized carbons (Fsp3) is 0.357. The lowest BCUT2D eigenvalue weighted by Crippen LogP contribution is -2.67. The number of halogens is 3. The van der Waals surface area contributed by atoms with Gasteiger partial charge < -0.3 is 14.9 Å². The zero-order chi connectivity index (χ0) is 25.9. The van der Waals surface area contributed by atoms with Gasteiger partial charge in [-0.05, 0) is 35.3 Å². The van der Waals surface area contributed by atoms with Gasteiger partial charge in [0.15, 0.2) is 0 Å². The molecule has 3 aromatic rings. The quantitative estimate of drug-likeness (QED) is 0.381. The van der Waals surface area contributed by atoms with Crippen LogP contribution in [0.5, 0.6) is 5.75 Å². The molecule has 2 N–H and O–H groups in total. The summed E-state index contributed by atoms with van der Waals surface area (Å²) >= 11 is 0. The molecule has 0 aliphatic rings. The lowest BCUT2D eigenvalue weighted by molar-refractivity contribution is -0.139. The van der Waals surface area contributed by atoms with E-state index in [9.17, 15) is 13.2 Å². The van der Waals surface area contributed by atoms with Gasteiger partial charge in [0.2, 0.25) is 0 Å². The van der Waals surface area contributed by atoms with Crippen LogP contribution >= 0.6 is 0 Å². The Hall–Kier alpha value is -2.61. The average Bonchev–Trinajstić information content (AvgIpc) is 2.80. The van der Waals surface area contributed by atoms with Gasteiger partial charge in [0.05, 0.1) is 11.7 Å². The largest absolute Gasteiger partial charge is 0.490 e. The molecule has 3 nitrogen and oxygen atoms in total. The number of ether oxygens (including phenoxy) is 1. The molecule has 188 valence electrons. The maximum atomic E-state index is 13.7. The van der Waals surface area contributed by atoms with Gasteiger partial charge in [0.25, 0.3) is 8.32 Å². The van der Waals surface area contributed by atoms with Gasteiger partial charge in [-0.15, -0.1) is 0 Å². The van der Waals surface area contributed by atoms with Gasteiger partial charge in [0.1, 0.15) is 12.4 Å². The fourth-order valence-corrected chi connectivity index (χ4v) is 9.21. The van der Waals surface area contributed by atoms with E-state index < -0.39 is 32.2 Å². The highest BCUT2D eigenvalue weighted by Crippen LogP contribution is 2.41. The molecule has 3 rings (SSSR count). The Bertz CT molecular complexity index is 1060. The van der Waals surface area contributed by atoms with E-state index in [0.29, 0.717) is 5.56 Å². The van der Waals surface area contributed by atoms with Crippen LogP contribution in [0, 0.1) is 0 Å². The number of para-hydroxylation sites is 1. The SMILES string of the molecule is CC(N)c1cccc(C(F)(F)F)c1OC[C@@H](C)O[Si](c1ccccc1)(c1ccccc1)C(C)(C)C. The zero-order valence-electron chi connectivity index (χ0n) is 20.9. The molecule has 0 aromatic heterocycles. The first-order valence-corrected chi connectivity index (χ1v) is 13.7. The Labute approximate surface area is 207 Å². The third-order valence-corrected chi connectivity index (χ3v) is 11.3. The van der Waals surface area contributed by atoms with Crippen molar-refractivity contribution in [1.82, 2.24) is 0 Å². The standard InChI is InChI=1S/C28H34F3NO2Si/c1-20(19-33-26-24(21(2)32)17-12-18-25(26)28(29,30)31)34-35(27(3,4)5,22-13-8-6-9-14-22)23-15-10-7-11-16-23/h6-18,20-21H,19,32H2,1-5H3/t20-,21?/m1/s1. The highest BCUT2D eigenvalue weighted by molar-refractivity contribution is 6.99. The summed E-state index contributed by atoms with van der Waals surface area (Å²) in [7, 11) is -2.86. The molecule has 7 heteroatoms. The number of benzene rings is 3. The van der Waals surface area contributed by atoms with Gasteiger partial charge in [-0.25, -0.2) is 0 Å². The van der Waals surface area contributed by atoms with Crippen molar-refractivity contribution in [3.05, 3.63) is 90.0 Å². The summed E-state index contributed by atoms with van der Waals surface area (Å²) in [5, 5.41) is 1.93. The van der Waals surface area contributed by atoms with E-state index in [0.717, 1.165) is 16.4 Å².